The second kappa shape index (κ2) is 1.62. The molecule has 2 rings (SSSR count). The Labute approximate surface area is 59.1 Å². The third kappa shape index (κ3) is 0.518. The molecular weight excluding hydrogens is 126 g/mol. The number of aromatic nitrogens is 3. The Hall–Kier alpha value is -1.25. The summed E-state index contributed by atoms with van der Waals surface area (Å²) in [6, 6.07) is 2.08. The van der Waals surface area contributed by atoms with Crippen molar-refractivity contribution in [2.75, 3.05) is 0 Å². The molecule has 0 spiro atoms. The minimum Gasteiger partial charge on any atom is -0.231 e. The molecule has 0 fully saturated rings. The summed E-state index contributed by atoms with van der Waals surface area (Å²) in [5.74, 6) is 0. The highest BCUT2D eigenvalue weighted by atomic mass is 15.4. The Morgan fingerprint density at radius 2 is 2.20 bits per heavy atom. The van der Waals surface area contributed by atoms with Gasteiger partial charge in [0.2, 0.25) is 0 Å². The number of nitrogens with zero attached hydrogens (tertiary/aromatic N) is 3. The van der Waals surface area contributed by atoms with Crippen LogP contribution in [0.5, 0.6) is 0 Å². The number of hydrogen-bond acceptors (Lipinski definition) is 0. The fourth-order valence-electron chi connectivity index (χ4n) is 1.18. The minimum absolute atomic E-state index is 1.21. The van der Waals surface area contributed by atoms with E-state index in [-0.39, 0.29) is 0 Å². The Bertz CT molecular complexity index is 320. The maximum atomic E-state index is 2.08. The molecule has 10 heavy (non-hydrogen) atoms. The summed E-state index contributed by atoms with van der Waals surface area (Å²) < 4.78 is 6.20. The zero-order valence-corrected chi connectivity index (χ0v) is 6.15. The fraction of sp³-hybridized carbons (Fsp3) is 0.286. The Balaban J connectivity index is 2.95. The molecule has 0 amide bonds. The summed E-state index contributed by atoms with van der Waals surface area (Å²) in [7, 11) is 4.06. The van der Waals surface area contributed by atoms with E-state index in [1.165, 1.54) is 5.65 Å². The third-order valence-corrected chi connectivity index (χ3v) is 1.81. The van der Waals surface area contributed by atoms with Gasteiger partial charge in [-0.2, -0.15) is 0 Å². The van der Waals surface area contributed by atoms with Gasteiger partial charge in [-0.3, -0.25) is 0 Å². The fourth-order valence-corrected chi connectivity index (χ4v) is 1.18. The minimum atomic E-state index is 1.21. The van der Waals surface area contributed by atoms with Crippen LogP contribution in [0.2, 0.25) is 0 Å². The van der Waals surface area contributed by atoms with E-state index in [1.54, 1.807) is 0 Å². The van der Waals surface area contributed by atoms with Gasteiger partial charge in [-0.1, -0.05) is 0 Å². The molecule has 0 aliphatic rings. The first-order valence-electron chi connectivity index (χ1n) is 3.27. The SMILES string of the molecule is Cn1ccc2n1cc[n+]2C. The van der Waals surface area contributed by atoms with Crippen LogP contribution in [0.25, 0.3) is 5.65 Å². The monoisotopic (exact) mass is 136 g/mol. The van der Waals surface area contributed by atoms with E-state index in [0.717, 1.165) is 0 Å². The first-order valence-corrected chi connectivity index (χ1v) is 3.27. The molecule has 0 saturated heterocycles. The highest BCUT2D eigenvalue weighted by Gasteiger charge is 2.06. The van der Waals surface area contributed by atoms with Crippen LogP contribution in [0, 0.1) is 0 Å². The molecule has 0 aromatic carbocycles. The number of imidazole rings is 1. The molecule has 0 atom stereocenters. The molecule has 3 heteroatoms. The van der Waals surface area contributed by atoms with Crippen LogP contribution >= 0.6 is 0 Å². The predicted octanol–water partition coefficient (Wildman–Crippen LogP) is 0.102. The summed E-state index contributed by atoms with van der Waals surface area (Å²) in [4.78, 5) is 0. The van der Waals surface area contributed by atoms with Gasteiger partial charge in [0.05, 0.1) is 7.05 Å². The lowest BCUT2D eigenvalue weighted by atomic mass is 10.7. The van der Waals surface area contributed by atoms with Crippen molar-refractivity contribution in [1.82, 2.24) is 9.20 Å². The van der Waals surface area contributed by atoms with Gasteiger partial charge in [-0.05, 0) is 0 Å². The van der Waals surface area contributed by atoms with Crippen molar-refractivity contribution < 1.29 is 4.57 Å². The van der Waals surface area contributed by atoms with Crippen LogP contribution in [0.15, 0.2) is 24.7 Å². The van der Waals surface area contributed by atoms with E-state index in [1.807, 2.05) is 37.4 Å². The van der Waals surface area contributed by atoms with Gasteiger partial charge in [-0.15, -0.1) is 4.52 Å². The van der Waals surface area contributed by atoms with E-state index >= 15 is 0 Å². The standard InChI is InChI=1S/C7H10N3/c1-8-5-6-10-7(8)3-4-9(10)2/h3-6H,1-2H3/q+1. The normalized spacial score (nSPS) is 11.0. The van der Waals surface area contributed by atoms with Crippen molar-refractivity contribution >= 4 is 5.65 Å². The largest absolute Gasteiger partial charge is 0.306 e. The number of rotatable bonds is 0. The number of hydrogen-bond donors (Lipinski definition) is 0. The highest BCUT2D eigenvalue weighted by molar-refractivity contribution is 5.28. The van der Waals surface area contributed by atoms with E-state index in [4.69, 9.17) is 0 Å². The molecule has 0 radical (unpaired) electrons. The quantitative estimate of drug-likeness (QED) is 0.456. The number of fused-ring (bicyclic) bond motifs is 1. The van der Waals surface area contributed by atoms with Gasteiger partial charge in [0.1, 0.15) is 6.20 Å². The van der Waals surface area contributed by atoms with Gasteiger partial charge >= 0.3 is 5.65 Å². The van der Waals surface area contributed by atoms with E-state index < -0.39 is 0 Å². The lowest BCUT2D eigenvalue weighted by Gasteiger charge is -1.83. The van der Waals surface area contributed by atoms with Crippen molar-refractivity contribution in [3.8, 4) is 0 Å². The van der Waals surface area contributed by atoms with E-state index in [2.05, 4.69) is 15.1 Å². The predicted molar refractivity (Wildman–Crippen MR) is 37.5 cm³/mol. The van der Waals surface area contributed by atoms with Crippen LogP contribution < -0.4 is 4.57 Å². The molecule has 0 bridgehead atoms. The molecule has 0 aliphatic carbocycles. The molecule has 0 saturated carbocycles. The zero-order valence-electron chi connectivity index (χ0n) is 6.15. The molecule has 0 unspecified atom stereocenters. The first-order chi connectivity index (χ1) is 4.79. The third-order valence-electron chi connectivity index (χ3n) is 1.81. The second-order valence-electron chi connectivity index (χ2n) is 2.50. The smallest absolute Gasteiger partial charge is 0.231 e. The Morgan fingerprint density at radius 1 is 1.40 bits per heavy atom. The van der Waals surface area contributed by atoms with E-state index in [0.29, 0.717) is 0 Å². The van der Waals surface area contributed by atoms with Crippen molar-refractivity contribution in [1.29, 1.82) is 0 Å². The lowest BCUT2D eigenvalue weighted by molar-refractivity contribution is -0.644. The maximum absolute atomic E-state index is 2.08. The molecule has 0 aliphatic heterocycles. The second-order valence-corrected chi connectivity index (χ2v) is 2.50. The van der Waals surface area contributed by atoms with Gasteiger partial charge in [0.15, 0.2) is 6.20 Å². The molecule has 0 N–H and O–H groups in total. The topological polar surface area (TPSA) is 13.2 Å². The van der Waals surface area contributed by atoms with Crippen molar-refractivity contribution in [3.63, 3.8) is 0 Å². The Kier molecular flexibility index (Phi) is 0.897. The van der Waals surface area contributed by atoms with Crippen LogP contribution in [-0.2, 0) is 14.1 Å². The number of aryl methyl sites for hydroxylation is 2. The van der Waals surface area contributed by atoms with Gasteiger partial charge in [0, 0.05) is 19.3 Å². The van der Waals surface area contributed by atoms with Crippen LogP contribution in [-0.4, -0.2) is 9.20 Å². The summed E-state index contributed by atoms with van der Waals surface area (Å²) in [6.07, 6.45) is 6.11. The summed E-state index contributed by atoms with van der Waals surface area (Å²) >= 11 is 0. The summed E-state index contributed by atoms with van der Waals surface area (Å²) in [5, 5.41) is 0. The van der Waals surface area contributed by atoms with Crippen molar-refractivity contribution in [2.45, 2.75) is 0 Å². The summed E-state index contributed by atoms with van der Waals surface area (Å²) in [6.45, 7) is 0. The average molecular weight is 136 g/mol. The Morgan fingerprint density at radius 3 is 2.90 bits per heavy atom. The van der Waals surface area contributed by atoms with Crippen molar-refractivity contribution in [3.05, 3.63) is 24.7 Å². The highest BCUT2D eigenvalue weighted by Crippen LogP contribution is 1.95. The molecule has 2 aromatic rings. The van der Waals surface area contributed by atoms with Crippen LogP contribution in [0.3, 0.4) is 0 Å². The summed E-state index contributed by atoms with van der Waals surface area (Å²) in [5.41, 5.74) is 1.21. The van der Waals surface area contributed by atoms with Crippen molar-refractivity contribution in [2.24, 2.45) is 14.1 Å². The van der Waals surface area contributed by atoms with Gasteiger partial charge < -0.3 is 0 Å². The first kappa shape index (κ1) is 5.53. The van der Waals surface area contributed by atoms with E-state index in [9.17, 15) is 0 Å². The van der Waals surface area contributed by atoms with Gasteiger partial charge in [0.25, 0.3) is 0 Å². The lowest BCUT2D eigenvalue weighted by Crippen LogP contribution is -2.24. The maximum Gasteiger partial charge on any atom is 0.306 e. The average Bonchev–Trinajstić information content (AvgIpc) is 2.41. The zero-order chi connectivity index (χ0) is 7.14. The molecule has 2 heterocycles. The molecule has 3 nitrogen and oxygen atoms in total. The van der Waals surface area contributed by atoms with Crippen LogP contribution in [0.4, 0.5) is 0 Å². The molecule has 2 aromatic heterocycles. The molecular formula is C7H10N3+. The van der Waals surface area contributed by atoms with Gasteiger partial charge in [-0.25, -0.2) is 9.25 Å². The van der Waals surface area contributed by atoms with Crippen LogP contribution in [0.1, 0.15) is 0 Å². The molecule has 52 valence electrons.